The monoisotopic (exact) mass is 368 g/mol. The van der Waals surface area contributed by atoms with Gasteiger partial charge in [0.2, 0.25) is 0 Å². The molecule has 0 fully saturated rings. The third-order valence-electron chi connectivity index (χ3n) is 4.05. The maximum Gasteiger partial charge on any atom is 0.329 e. The Morgan fingerprint density at radius 1 is 1.00 bits per heavy atom. The van der Waals surface area contributed by atoms with Crippen LogP contribution in [0.25, 0.3) is 21.3 Å². The number of fused-ring (bicyclic) bond motifs is 1. The van der Waals surface area contributed by atoms with Gasteiger partial charge in [-0.05, 0) is 23.3 Å². The summed E-state index contributed by atoms with van der Waals surface area (Å²) in [6, 6.07) is 16.8. The molecule has 6 heteroatoms. The highest BCUT2D eigenvalue weighted by atomic mass is 35.5. The van der Waals surface area contributed by atoms with Crippen molar-refractivity contribution in [2.45, 2.75) is 6.54 Å². The highest BCUT2D eigenvalue weighted by Gasteiger charge is 2.15. The molecule has 0 saturated heterocycles. The third-order valence-corrected chi connectivity index (χ3v) is 5.20. The molecule has 2 aromatic heterocycles. The van der Waals surface area contributed by atoms with Crippen LogP contribution in [0.2, 0.25) is 5.02 Å². The summed E-state index contributed by atoms with van der Waals surface area (Å²) in [4.78, 5) is 28.8. The highest BCUT2D eigenvalue weighted by Crippen LogP contribution is 2.30. The Kier molecular flexibility index (Phi) is 4.03. The standard InChI is InChI=1S/C19H13ClN2O2S/c20-14-8-6-13(7-9-14)15-11-25-17-16(15)18(23)22(19(24)21-17)10-12-4-2-1-3-5-12/h1-9,11H,10H2,(H,21,24). The number of hydrogen-bond donors (Lipinski definition) is 1. The number of hydrogen-bond acceptors (Lipinski definition) is 3. The molecule has 0 amide bonds. The molecule has 0 saturated carbocycles. The SMILES string of the molecule is O=c1[nH]c2scc(-c3ccc(Cl)cc3)c2c(=O)n1Cc1ccccc1. The number of nitrogens with zero attached hydrogens (tertiary/aromatic N) is 1. The van der Waals surface area contributed by atoms with E-state index < -0.39 is 5.69 Å². The summed E-state index contributed by atoms with van der Waals surface area (Å²) in [7, 11) is 0. The van der Waals surface area contributed by atoms with Crippen molar-refractivity contribution < 1.29 is 0 Å². The Bertz CT molecular complexity index is 1160. The van der Waals surface area contributed by atoms with Crippen LogP contribution in [-0.2, 0) is 6.54 Å². The predicted molar refractivity (Wildman–Crippen MR) is 103 cm³/mol. The van der Waals surface area contributed by atoms with Crippen molar-refractivity contribution in [2.24, 2.45) is 0 Å². The van der Waals surface area contributed by atoms with Gasteiger partial charge in [0.25, 0.3) is 5.56 Å². The molecule has 4 nitrogen and oxygen atoms in total. The minimum absolute atomic E-state index is 0.237. The van der Waals surface area contributed by atoms with Gasteiger partial charge in [0.15, 0.2) is 0 Å². The number of aromatic nitrogens is 2. The molecule has 2 aromatic carbocycles. The van der Waals surface area contributed by atoms with E-state index in [1.54, 1.807) is 12.1 Å². The minimum Gasteiger partial charge on any atom is -0.298 e. The second-order valence-corrected chi connectivity index (χ2v) is 6.98. The summed E-state index contributed by atoms with van der Waals surface area (Å²) in [5.74, 6) is 0. The van der Waals surface area contributed by atoms with Crippen LogP contribution >= 0.6 is 22.9 Å². The molecule has 124 valence electrons. The normalized spacial score (nSPS) is 11.1. The second-order valence-electron chi connectivity index (χ2n) is 5.67. The average molecular weight is 369 g/mol. The van der Waals surface area contributed by atoms with Crippen molar-refractivity contribution in [3.05, 3.63) is 91.4 Å². The largest absolute Gasteiger partial charge is 0.329 e. The maximum absolute atomic E-state index is 13.0. The smallest absolute Gasteiger partial charge is 0.298 e. The summed E-state index contributed by atoms with van der Waals surface area (Å²) < 4.78 is 1.24. The van der Waals surface area contributed by atoms with E-state index in [1.165, 1.54) is 15.9 Å². The second kappa shape index (κ2) is 6.35. The first-order valence-electron chi connectivity index (χ1n) is 7.67. The maximum atomic E-state index is 13.0. The van der Waals surface area contributed by atoms with Gasteiger partial charge in [-0.15, -0.1) is 11.3 Å². The van der Waals surface area contributed by atoms with E-state index in [0.717, 1.165) is 16.7 Å². The number of benzene rings is 2. The van der Waals surface area contributed by atoms with Crippen LogP contribution in [0.1, 0.15) is 5.56 Å². The van der Waals surface area contributed by atoms with E-state index in [0.29, 0.717) is 15.2 Å². The summed E-state index contributed by atoms with van der Waals surface area (Å²) in [5, 5.41) is 3.05. The molecule has 0 aliphatic heterocycles. The summed E-state index contributed by atoms with van der Waals surface area (Å²) in [5.41, 5.74) is 1.92. The fourth-order valence-corrected chi connectivity index (χ4v) is 3.88. The highest BCUT2D eigenvalue weighted by molar-refractivity contribution is 7.17. The zero-order chi connectivity index (χ0) is 17.4. The average Bonchev–Trinajstić information content (AvgIpc) is 3.04. The molecule has 0 aliphatic carbocycles. The van der Waals surface area contributed by atoms with Gasteiger partial charge in [0, 0.05) is 16.0 Å². The van der Waals surface area contributed by atoms with Crippen molar-refractivity contribution in [3.8, 4) is 11.1 Å². The van der Waals surface area contributed by atoms with Gasteiger partial charge in [-0.25, -0.2) is 4.79 Å². The lowest BCUT2D eigenvalue weighted by atomic mass is 10.1. The summed E-state index contributed by atoms with van der Waals surface area (Å²) in [6.45, 7) is 0.237. The van der Waals surface area contributed by atoms with Crippen molar-refractivity contribution in [3.63, 3.8) is 0 Å². The van der Waals surface area contributed by atoms with Crippen molar-refractivity contribution >= 4 is 33.2 Å². The van der Waals surface area contributed by atoms with E-state index >= 15 is 0 Å². The molecule has 0 atom stereocenters. The topological polar surface area (TPSA) is 54.9 Å². The Morgan fingerprint density at radius 2 is 1.72 bits per heavy atom. The molecular formula is C19H13ClN2O2S. The van der Waals surface area contributed by atoms with Gasteiger partial charge in [-0.3, -0.25) is 14.3 Å². The fourth-order valence-electron chi connectivity index (χ4n) is 2.81. The number of rotatable bonds is 3. The molecular weight excluding hydrogens is 356 g/mol. The molecule has 0 radical (unpaired) electrons. The molecule has 4 rings (SSSR count). The van der Waals surface area contributed by atoms with E-state index in [4.69, 9.17) is 11.6 Å². The zero-order valence-corrected chi connectivity index (χ0v) is 14.6. The summed E-state index contributed by atoms with van der Waals surface area (Å²) in [6.07, 6.45) is 0. The van der Waals surface area contributed by atoms with Crippen LogP contribution in [0.15, 0.2) is 69.6 Å². The fraction of sp³-hybridized carbons (Fsp3) is 0.0526. The molecule has 0 bridgehead atoms. The van der Waals surface area contributed by atoms with Crippen LogP contribution in [0.3, 0.4) is 0 Å². The lowest BCUT2D eigenvalue weighted by Gasteiger charge is -2.06. The van der Waals surface area contributed by atoms with Crippen LogP contribution in [-0.4, -0.2) is 9.55 Å². The number of halogens is 1. The molecule has 25 heavy (non-hydrogen) atoms. The zero-order valence-electron chi connectivity index (χ0n) is 13.0. The van der Waals surface area contributed by atoms with Crippen LogP contribution < -0.4 is 11.2 Å². The van der Waals surface area contributed by atoms with Crippen molar-refractivity contribution in [2.75, 3.05) is 0 Å². The van der Waals surface area contributed by atoms with Gasteiger partial charge in [0.05, 0.1) is 11.9 Å². The van der Waals surface area contributed by atoms with Crippen LogP contribution in [0.5, 0.6) is 0 Å². The Morgan fingerprint density at radius 3 is 2.44 bits per heavy atom. The predicted octanol–water partition coefficient (Wildman–Crippen LogP) is 4.12. The van der Waals surface area contributed by atoms with E-state index in [2.05, 4.69) is 4.98 Å². The molecule has 4 aromatic rings. The summed E-state index contributed by atoms with van der Waals surface area (Å²) >= 11 is 7.30. The molecule has 2 heterocycles. The Labute approximate surface area is 152 Å². The van der Waals surface area contributed by atoms with Gasteiger partial charge in [-0.2, -0.15) is 0 Å². The minimum atomic E-state index is -0.397. The van der Waals surface area contributed by atoms with Gasteiger partial charge < -0.3 is 0 Å². The Balaban J connectivity index is 1.91. The number of aromatic amines is 1. The van der Waals surface area contributed by atoms with Crippen molar-refractivity contribution in [1.29, 1.82) is 0 Å². The molecule has 0 spiro atoms. The lowest BCUT2D eigenvalue weighted by Crippen LogP contribution is -2.35. The third kappa shape index (κ3) is 2.92. The van der Waals surface area contributed by atoms with Gasteiger partial charge >= 0.3 is 5.69 Å². The Hall–Kier alpha value is -2.63. The number of thiophene rings is 1. The first-order valence-corrected chi connectivity index (χ1v) is 8.93. The first kappa shape index (κ1) is 15.9. The van der Waals surface area contributed by atoms with Crippen LogP contribution in [0, 0.1) is 0 Å². The first-order chi connectivity index (χ1) is 12.1. The van der Waals surface area contributed by atoms with Crippen LogP contribution in [0.4, 0.5) is 0 Å². The lowest BCUT2D eigenvalue weighted by molar-refractivity contribution is 0.713. The number of nitrogens with one attached hydrogen (secondary N) is 1. The van der Waals surface area contributed by atoms with Crippen molar-refractivity contribution in [1.82, 2.24) is 9.55 Å². The van der Waals surface area contributed by atoms with Gasteiger partial charge in [0.1, 0.15) is 4.83 Å². The van der Waals surface area contributed by atoms with E-state index in [9.17, 15) is 9.59 Å². The molecule has 0 unspecified atom stereocenters. The number of H-pyrrole nitrogens is 1. The quantitative estimate of drug-likeness (QED) is 0.591. The van der Waals surface area contributed by atoms with E-state index in [1.807, 2.05) is 47.8 Å². The molecule has 0 aliphatic rings. The van der Waals surface area contributed by atoms with E-state index in [-0.39, 0.29) is 12.1 Å². The van der Waals surface area contributed by atoms with Gasteiger partial charge in [-0.1, -0.05) is 54.1 Å². The molecule has 1 N–H and O–H groups in total.